The topological polar surface area (TPSA) is 114 Å². The fraction of sp³-hybridized carbons (Fsp3) is 0.308. The van der Waals surface area contributed by atoms with Crippen molar-refractivity contribution < 1.29 is 15.0 Å². The van der Waals surface area contributed by atoms with Crippen LogP contribution in [0.4, 0.5) is 0 Å². The average Bonchev–Trinajstić information content (AvgIpc) is 2.82. The van der Waals surface area contributed by atoms with Gasteiger partial charge in [0.25, 0.3) is 0 Å². The molecule has 7 heteroatoms. The molecule has 1 heterocycles. The zero-order chi connectivity index (χ0) is 14.9. The van der Waals surface area contributed by atoms with Gasteiger partial charge in [-0.25, -0.2) is 9.48 Å². The maximum Gasteiger partial charge on any atom is 0.339 e. The molecule has 0 radical (unpaired) electrons. The Morgan fingerprint density at radius 2 is 2.15 bits per heavy atom. The van der Waals surface area contributed by atoms with E-state index < -0.39 is 5.97 Å². The van der Waals surface area contributed by atoms with Crippen molar-refractivity contribution in [2.24, 2.45) is 5.73 Å². The second-order valence-corrected chi connectivity index (χ2v) is 4.70. The van der Waals surface area contributed by atoms with Gasteiger partial charge in [-0.1, -0.05) is 19.1 Å². The van der Waals surface area contributed by atoms with Crippen molar-refractivity contribution in [1.82, 2.24) is 15.0 Å². The Labute approximate surface area is 115 Å². The van der Waals surface area contributed by atoms with Gasteiger partial charge in [-0.2, -0.15) is 0 Å². The highest BCUT2D eigenvalue weighted by Crippen LogP contribution is 2.25. The Kier molecular flexibility index (Phi) is 3.71. The van der Waals surface area contributed by atoms with Gasteiger partial charge in [0, 0.05) is 6.54 Å². The van der Waals surface area contributed by atoms with Crippen LogP contribution in [-0.2, 0) is 6.54 Å². The summed E-state index contributed by atoms with van der Waals surface area (Å²) in [6.45, 7) is 4.22. The molecule has 0 aliphatic heterocycles. The van der Waals surface area contributed by atoms with Crippen LogP contribution in [-0.4, -0.2) is 31.2 Å². The van der Waals surface area contributed by atoms with E-state index in [4.69, 9.17) is 10.8 Å². The van der Waals surface area contributed by atoms with E-state index in [1.165, 1.54) is 12.1 Å². The van der Waals surface area contributed by atoms with Gasteiger partial charge in [0.1, 0.15) is 17.0 Å². The van der Waals surface area contributed by atoms with Crippen molar-refractivity contribution in [2.45, 2.75) is 26.3 Å². The van der Waals surface area contributed by atoms with Gasteiger partial charge in [-0.05, 0) is 24.1 Å². The number of hydrogen-bond acceptors (Lipinski definition) is 5. The molecule has 0 atom stereocenters. The van der Waals surface area contributed by atoms with E-state index in [9.17, 15) is 9.90 Å². The van der Waals surface area contributed by atoms with Gasteiger partial charge in [-0.3, -0.25) is 0 Å². The average molecular weight is 276 g/mol. The summed E-state index contributed by atoms with van der Waals surface area (Å²) in [6.07, 6.45) is 0. The number of nitrogens with zero attached hydrogens (tertiary/aromatic N) is 3. The zero-order valence-corrected chi connectivity index (χ0v) is 11.2. The van der Waals surface area contributed by atoms with E-state index in [0.717, 1.165) is 5.69 Å². The molecule has 2 rings (SSSR count). The minimum Gasteiger partial charge on any atom is -0.507 e. The van der Waals surface area contributed by atoms with Gasteiger partial charge in [-0.15, -0.1) is 5.10 Å². The standard InChI is InChI=1S/C13H16N4O3/c1-7(2)12-10(6-14)15-16-17(12)8-3-4-11(18)9(5-8)13(19)20/h3-5,7,18H,6,14H2,1-2H3,(H,19,20). The summed E-state index contributed by atoms with van der Waals surface area (Å²) in [5, 5.41) is 26.6. The van der Waals surface area contributed by atoms with E-state index in [0.29, 0.717) is 11.4 Å². The number of carboxylic acid groups (broad SMARTS) is 1. The minimum atomic E-state index is -1.20. The van der Waals surface area contributed by atoms with E-state index in [1.54, 1.807) is 10.7 Å². The van der Waals surface area contributed by atoms with Gasteiger partial charge in [0.2, 0.25) is 0 Å². The lowest BCUT2D eigenvalue weighted by molar-refractivity contribution is 0.0693. The van der Waals surface area contributed by atoms with Crippen molar-refractivity contribution in [3.8, 4) is 11.4 Å². The van der Waals surface area contributed by atoms with Crippen molar-refractivity contribution in [3.63, 3.8) is 0 Å². The molecule has 1 aromatic carbocycles. The summed E-state index contributed by atoms with van der Waals surface area (Å²) < 4.78 is 1.55. The molecule has 0 fully saturated rings. The van der Waals surface area contributed by atoms with Crippen LogP contribution in [0.2, 0.25) is 0 Å². The number of benzene rings is 1. The first-order valence-corrected chi connectivity index (χ1v) is 6.17. The summed E-state index contributed by atoms with van der Waals surface area (Å²) >= 11 is 0. The van der Waals surface area contributed by atoms with Crippen LogP contribution in [0.15, 0.2) is 18.2 Å². The number of aromatic nitrogens is 3. The first-order valence-electron chi connectivity index (χ1n) is 6.17. The highest BCUT2D eigenvalue weighted by Gasteiger charge is 2.18. The van der Waals surface area contributed by atoms with Crippen LogP contribution in [0.1, 0.15) is 41.5 Å². The first-order chi connectivity index (χ1) is 9.45. The SMILES string of the molecule is CC(C)c1c(CN)nnn1-c1ccc(O)c(C(=O)O)c1. The predicted octanol–water partition coefficient (Wildman–Crippen LogP) is 1.25. The molecule has 0 aliphatic rings. The molecule has 0 unspecified atom stereocenters. The molecule has 4 N–H and O–H groups in total. The first kappa shape index (κ1) is 14.0. The van der Waals surface area contributed by atoms with Gasteiger partial charge in [0.15, 0.2) is 0 Å². The third-order valence-electron chi connectivity index (χ3n) is 2.97. The molecular formula is C13H16N4O3. The molecule has 0 spiro atoms. The van der Waals surface area contributed by atoms with Gasteiger partial charge in [0.05, 0.1) is 11.4 Å². The predicted molar refractivity (Wildman–Crippen MR) is 72.0 cm³/mol. The summed E-state index contributed by atoms with van der Waals surface area (Å²) in [5.74, 6) is -1.35. The number of rotatable bonds is 4. The summed E-state index contributed by atoms with van der Waals surface area (Å²) in [7, 11) is 0. The number of phenols is 1. The van der Waals surface area contributed by atoms with Gasteiger partial charge < -0.3 is 15.9 Å². The molecule has 0 amide bonds. The normalized spacial score (nSPS) is 11.0. The van der Waals surface area contributed by atoms with Crippen molar-refractivity contribution >= 4 is 5.97 Å². The Balaban J connectivity index is 2.60. The van der Waals surface area contributed by atoms with Gasteiger partial charge >= 0.3 is 5.97 Å². The molecule has 106 valence electrons. The molecule has 7 nitrogen and oxygen atoms in total. The Bertz CT molecular complexity index is 649. The Morgan fingerprint density at radius 1 is 1.45 bits per heavy atom. The number of carbonyl (C=O) groups is 1. The van der Waals surface area contributed by atoms with Crippen molar-refractivity contribution in [3.05, 3.63) is 35.2 Å². The van der Waals surface area contributed by atoms with Crippen LogP contribution in [0.25, 0.3) is 5.69 Å². The number of aromatic carboxylic acids is 1. The number of aromatic hydroxyl groups is 1. The van der Waals surface area contributed by atoms with Crippen molar-refractivity contribution in [1.29, 1.82) is 0 Å². The fourth-order valence-corrected chi connectivity index (χ4v) is 2.06. The molecule has 0 aliphatic carbocycles. The molecule has 20 heavy (non-hydrogen) atoms. The molecule has 2 aromatic rings. The van der Waals surface area contributed by atoms with Crippen LogP contribution in [0.3, 0.4) is 0 Å². The fourth-order valence-electron chi connectivity index (χ4n) is 2.06. The van der Waals surface area contributed by atoms with E-state index in [1.807, 2.05) is 13.8 Å². The monoisotopic (exact) mass is 276 g/mol. The van der Waals surface area contributed by atoms with Crippen LogP contribution < -0.4 is 5.73 Å². The molecule has 0 saturated carbocycles. The summed E-state index contributed by atoms with van der Waals surface area (Å²) in [5.41, 5.74) is 7.48. The maximum atomic E-state index is 11.1. The highest BCUT2D eigenvalue weighted by molar-refractivity contribution is 5.91. The molecule has 0 saturated heterocycles. The highest BCUT2D eigenvalue weighted by atomic mass is 16.4. The summed E-state index contributed by atoms with van der Waals surface area (Å²) in [6, 6.07) is 4.27. The van der Waals surface area contributed by atoms with Crippen LogP contribution in [0.5, 0.6) is 5.75 Å². The third-order valence-corrected chi connectivity index (χ3v) is 2.97. The smallest absolute Gasteiger partial charge is 0.339 e. The lowest BCUT2D eigenvalue weighted by Gasteiger charge is -2.11. The summed E-state index contributed by atoms with van der Waals surface area (Å²) in [4.78, 5) is 11.1. The lowest BCUT2D eigenvalue weighted by Crippen LogP contribution is -2.08. The second kappa shape index (κ2) is 5.30. The number of hydrogen-bond donors (Lipinski definition) is 3. The minimum absolute atomic E-state index is 0.130. The Morgan fingerprint density at radius 3 is 2.70 bits per heavy atom. The quantitative estimate of drug-likeness (QED) is 0.774. The van der Waals surface area contributed by atoms with E-state index in [2.05, 4.69) is 10.3 Å². The molecule has 1 aromatic heterocycles. The largest absolute Gasteiger partial charge is 0.507 e. The lowest BCUT2D eigenvalue weighted by atomic mass is 10.1. The zero-order valence-electron chi connectivity index (χ0n) is 11.2. The van der Waals surface area contributed by atoms with Crippen LogP contribution >= 0.6 is 0 Å². The van der Waals surface area contributed by atoms with E-state index >= 15 is 0 Å². The van der Waals surface area contributed by atoms with E-state index in [-0.39, 0.29) is 23.8 Å². The number of carboxylic acids is 1. The Hall–Kier alpha value is -2.41. The van der Waals surface area contributed by atoms with Crippen LogP contribution in [0, 0.1) is 0 Å². The maximum absolute atomic E-state index is 11.1. The molecule has 0 bridgehead atoms. The van der Waals surface area contributed by atoms with Crippen molar-refractivity contribution in [2.75, 3.05) is 0 Å². The molecular weight excluding hydrogens is 260 g/mol. The third kappa shape index (κ3) is 2.35. The second-order valence-electron chi connectivity index (χ2n) is 4.70. The number of nitrogens with two attached hydrogens (primary N) is 1.